The van der Waals surface area contributed by atoms with Crippen molar-refractivity contribution in [3.8, 4) is 0 Å². The van der Waals surface area contributed by atoms with Crippen LogP contribution in [0.1, 0.15) is 18.4 Å². The molecule has 132 valence electrons. The lowest BCUT2D eigenvalue weighted by Crippen LogP contribution is -2.34. The Balaban J connectivity index is 1.84. The average Bonchev–Trinajstić information content (AvgIpc) is 3.19. The van der Waals surface area contributed by atoms with Crippen molar-refractivity contribution in [2.45, 2.75) is 18.4 Å². The zero-order chi connectivity index (χ0) is 17.9. The fraction of sp³-hybridized carbons (Fsp3) is 0.217. The molecule has 0 N–H and O–H groups in total. The molecule has 1 atom stereocenters. The van der Waals surface area contributed by atoms with E-state index in [1.54, 1.807) is 0 Å². The molecule has 1 fully saturated rings. The Bertz CT molecular complexity index is 842. The van der Waals surface area contributed by atoms with Gasteiger partial charge < -0.3 is 9.30 Å². The lowest BCUT2D eigenvalue weighted by atomic mass is 9.93. The van der Waals surface area contributed by atoms with Crippen LogP contribution >= 0.6 is 7.14 Å². The van der Waals surface area contributed by atoms with Gasteiger partial charge in [-0.15, -0.1) is 0 Å². The van der Waals surface area contributed by atoms with Gasteiger partial charge in [0, 0.05) is 23.4 Å². The van der Waals surface area contributed by atoms with Crippen molar-refractivity contribution in [2.24, 2.45) is 0 Å². The summed E-state index contributed by atoms with van der Waals surface area (Å²) in [5.74, 6) is 0. The molecule has 3 aromatic carbocycles. The molecule has 2 nitrogen and oxygen atoms in total. The van der Waals surface area contributed by atoms with Crippen molar-refractivity contribution < 1.29 is 9.30 Å². The Hall–Kier alpha value is -2.15. The Morgan fingerprint density at radius 2 is 1.27 bits per heavy atom. The van der Waals surface area contributed by atoms with Gasteiger partial charge in [0.1, 0.15) is 12.7 Å². The number of hydrogen-bond acceptors (Lipinski definition) is 2. The number of hydrogen-bond donors (Lipinski definition) is 0. The van der Waals surface area contributed by atoms with Gasteiger partial charge in [0.05, 0.1) is 0 Å². The van der Waals surface area contributed by atoms with Crippen molar-refractivity contribution in [1.82, 2.24) is 0 Å². The van der Waals surface area contributed by atoms with E-state index in [9.17, 15) is 4.57 Å². The predicted molar refractivity (Wildman–Crippen MR) is 108 cm³/mol. The van der Waals surface area contributed by atoms with Gasteiger partial charge in [-0.25, -0.2) is 0 Å². The van der Waals surface area contributed by atoms with Gasteiger partial charge in [-0.2, -0.15) is 0 Å². The van der Waals surface area contributed by atoms with Crippen LogP contribution in [0.4, 0.5) is 0 Å². The molecule has 3 aromatic rings. The minimum absolute atomic E-state index is 0.484. The van der Waals surface area contributed by atoms with Crippen LogP contribution in [0.25, 0.3) is 0 Å². The fourth-order valence-corrected chi connectivity index (χ4v) is 7.03. The zero-order valence-corrected chi connectivity index (χ0v) is 15.6. The highest BCUT2D eigenvalue weighted by Gasteiger charge is 2.44. The van der Waals surface area contributed by atoms with Crippen LogP contribution < -0.4 is 10.6 Å². The maximum Gasteiger partial charge on any atom is 0.146 e. The molecular weight excluding hydrogens is 339 g/mol. The first-order chi connectivity index (χ1) is 12.7. The molecule has 0 saturated carbocycles. The van der Waals surface area contributed by atoms with Crippen molar-refractivity contribution in [3.05, 3.63) is 96.6 Å². The molecule has 0 amide bonds. The maximum atomic E-state index is 14.5. The highest BCUT2D eigenvalue weighted by atomic mass is 31.2. The van der Waals surface area contributed by atoms with Gasteiger partial charge in [0.2, 0.25) is 0 Å². The zero-order valence-electron chi connectivity index (χ0n) is 14.8. The predicted octanol–water partition coefficient (Wildman–Crippen LogP) is 4.71. The van der Waals surface area contributed by atoms with E-state index in [0.29, 0.717) is 6.16 Å². The van der Waals surface area contributed by atoms with Crippen molar-refractivity contribution >= 4 is 17.8 Å². The quantitative estimate of drug-likeness (QED) is 0.615. The van der Waals surface area contributed by atoms with Crippen LogP contribution in [0.2, 0.25) is 0 Å². The summed E-state index contributed by atoms with van der Waals surface area (Å²) in [6.07, 6.45) is 2.40. The molecule has 0 radical (unpaired) electrons. The summed E-state index contributed by atoms with van der Waals surface area (Å²) in [5.41, 5.74) is 0.646. The van der Waals surface area contributed by atoms with Crippen LogP contribution in [-0.4, -0.2) is 12.8 Å². The Morgan fingerprint density at radius 3 is 1.73 bits per heavy atom. The Morgan fingerprint density at radius 1 is 0.769 bits per heavy atom. The van der Waals surface area contributed by atoms with E-state index in [0.717, 1.165) is 35.6 Å². The summed E-state index contributed by atoms with van der Waals surface area (Å²) in [6.45, 7) is 0.721. The first-order valence-corrected chi connectivity index (χ1v) is 11.0. The van der Waals surface area contributed by atoms with Gasteiger partial charge >= 0.3 is 0 Å². The third-order valence-corrected chi connectivity index (χ3v) is 8.45. The highest BCUT2D eigenvalue weighted by molar-refractivity contribution is 7.78. The SMILES string of the molecule is O=P(CC1(c2ccccc2)CCCO1)(c1ccccc1)c1ccccc1. The van der Waals surface area contributed by atoms with Gasteiger partial charge in [-0.05, 0) is 18.4 Å². The number of benzene rings is 3. The van der Waals surface area contributed by atoms with Crippen molar-refractivity contribution in [3.63, 3.8) is 0 Å². The van der Waals surface area contributed by atoms with E-state index in [1.165, 1.54) is 0 Å². The fourth-order valence-electron chi connectivity index (χ4n) is 3.91. The third kappa shape index (κ3) is 3.16. The molecule has 0 aromatic heterocycles. The summed E-state index contributed by atoms with van der Waals surface area (Å²) in [4.78, 5) is 0. The van der Waals surface area contributed by atoms with Gasteiger partial charge in [-0.3, -0.25) is 0 Å². The molecule has 0 bridgehead atoms. The summed E-state index contributed by atoms with van der Waals surface area (Å²) >= 11 is 0. The number of rotatable bonds is 5. The van der Waals surface area contributed by atoms with E-state index in [1.807, 2.05) is 78.9 Å². The van der Waals surface area contributed by atoms with E-state index in [4.69, 9.17) is 4.74 Å². The highest BCUT2D eigenvalue weighted by Crippen LogP contribution is 2.52. The smallest absolute Gasteiger partial charge is 0.146 e. The first kappa shape index (κ1) is 17.3. The Labute approximate surface area is 155 Å². The van der Waals surface area contributed by atoms with Crippen LogP contribution in [0.5, 0.6) is 0 Å². The second-order valence-electron chi connectivity index (χ2n) is 6.88. The van der Waals surface area contributed by atoms with Crippen LogP contribution in [0.3, 0.4) is 0 Å². The lowest BCUT2D eigenvalue weighted by molar-refractivity contribution is 0.0197. The molecule has 1 aliphatic heterocycles. The Kier molecular flexibility index (Phi) is 4.80. The summed E-state index contributed by atoms with van der Waals surface area (Å²) in [7, 11) is -2.83. The van der Waals surface area contributed by atoms with Crippen LogP contribution in [-0.2, 0) is 14.9 Å². The first-order valence-electron chi connectivity index (χ1n) is 9.13. The topological polar surface area (TPSA) is 26.3 Å². The van der Waals surface area contributed by atoms with Crippen molar-refractivity contribution in [2.75, 3.05) is 12.8 Å². The summed E-state index contributed by atoms with van der Waals surface area (Å²) in [5, 5.41) is 1.80. The third-order valence-electron chi connectivity index (χ3n) is 5.23. The van der Waals surface area contributed by atoms with Gasteiger partial charge in [0.25, 0.3) is 0 Å². The molecular formula is C23H23O2P. The van der Waals surface area contributed by atoms with Gasteiger partial charge in [-0.1, -0.05) is 91.0 Å². The molecule has 1 aliphatic rings. The monoisotopic (exact) mass is 362 g/mol. The summed E-state index contributed by atoms with van der Waals surface area (Å²) < 4.78 is 20.8. The molecule has 1 saturated heterocycles. The van der Waals surface area contributed by atoms with E-state index >= 15 is 0 Å². The van der Waals surface area contributed by atoms with Crippen molar-refractivity contribution in [1.29, 1.82) is 0 Å². The second kappa shape index (κ2) is 7.23. The second-order valence-corrected chi connectivity index (χ2v) is 9.71. The molecule has 3 heteroatoms. The summed E-state index contributed by atoms with van der Waals surface area (Å²) in [6, 6.07) is 30.1. The van der Waals surface area contributed by atoms with Crippen LogP contribution in [0.15, 0.2) is 91.0 Å². The minimum Gasteiger partial charge on any atom is -0.370 e. The van der Waals surface area contributed by atoms with E-state index in [-0.39, 0.29) is 0 Å². The largest absolute Gasteiger partial charge is 0.370 e. The number of ether oxygens (including phenoxy) is 1. The van der Waals surface area contributed by atoms with E-state index in [2.05, 4.69) is 12.1 Å². The normalized spacial score (nSPS) is 20.2. The molecule has 0 spiro atoms. The van der Waals surface area contributed by atoms with E-state index < -0.39 is 12.7 Å². The minimum atomic E-state index is -2.83. The molecule has 1 unspecified atom stereocenters. The maximum absolute atomic E-state index is 14.5. The lowest BCUT2D eigenvalue weighted by Gasteiger charge is -2.33. The average molecular weight is 362 g/mol. The molecule has 0 aliphatic carbocycles. The van der Waals surface area contributed by atoms with Gasteiger partial charge in [0.15, 0.2) is 0 Å². The molecule has 1 heterocycles. The molecule has 4 rings (SSSR count). The molecule has 26 heavy (non-hydrogen) atoms. The van der Waals surface area contributed by atoms with Crippen LogP contribution in [0, 0.1) is 0 Å². The standard InChI is InChI=1S/C23H23O2P/c24-26(21-13-6-2-7-14-21,22-15-8-3-9-16-22)19-23(17-10-18-25-23)20-11-4-1-5-12-20/h1-9,11-16H,10,17-19H2.